The molecule has 2 amide bonds. The lowest BCUT2D eigenvalue weighted by Crippen LogP contribution is -2.45. The Morgan fingerprint density at radius 2 is 2.21 bits per heavy atom. The molecule has 1 aromatic carbocycles. The lowest BCUT2D eigenvalue weighted by Gasteiger charge is -2.34. The van der Waals surface area contributed by atoms with Crippen LogP contribution in [-0.4, -0.2) is 36.0 Å². The maximum atomic E-state index is 12.4. The Kier molecular flexibility index (Phi) is 4.70. The predicted octanol–water partition coefficient (Wildman–Crippen LogP) is 3.62. The van der Waals surface area contributed by atoms with Crippen LogP contribution in [0.1, 0.15) is 25.3 Å². The molecule has 1 saturated heterocycles. The minimum atomic E-state index is 0.103. The number of amides is 2. The summed E-state index contributed by atoms with van der Waals surface area (Å²) in [6.45, 7) is 4.50. The maximum Gasteiger partial charge on any atom is 0.320 e. The third-order valence-corrected chi connectivity index (χ3v) is 3.99. The molecule has 104 valence electrons. The van der Waals surface area contributed by atoms with Crippen molar-refractivity contribution in [3.8, 4) is 0 Å². The van der Waals surface area contributed by atoms with Gasteiger partial charge in [-0.15, -0.1) is 0 Å². The van der Waals surface area contributed by atoms with Gasteiger partial charge in [0.1, 0.15) is 0 Å². The molecule has 1 heterocycles. The SMILES string of the molecule is CC1CCCN(C(=O)N(C)Cc2ccccc2Cl)C1. The molecule has 1 aromatic rings. The van der Waals surface area contributed by atoms with E-state index in [4.69, 9.17) is 11.6 Å². The highest BCUT2D eigenvalue weighted by Gasteiger charge is 2.23. The van der Waals surface area contributed by atoms with Crippen LogP contribution >= 0.6 is 11.6 Å². The Hall–Kier alpha value is -1.22. The van der Waals surface area contributed by atoms with Gasteiger partial charge in [0.25, 0.3) is 0 Å². The summed E-state index contributed by atoms with van der Waals surface area (Å²) in [4.78, 5) is 16.1. The standard InChI is InChI=1S/C15H21ClN2O/c1-12-6-5-9-18(10-12)15(19)17(2)11-13-7-3-4-8-14(13)16/h3-4,7-8,12H,5-6,9-11H2,1-2H3. The Labute approximate surface area is 120 Å². The largest absolute Gasteiger partial charge is 0.324 e. The van der Waals surface area contributed by atoms with E-state index in [2.05, 4.69) is 6.92 Å². The molecular formula is C15H21ClN2O. The van der Waals surface area contributed by atoms with Gasteiger partial charge in [0.15, 0.2) is 0 Å². The van der Waals surface area contributed by atoms with E-state index in [0.717, 1.165) is 25.1 Å². The van der Waals surface area contributed by atoms with E-state index in [0.29, 0.717) is 17.5 Å². The van der Waals surface area contributed by atoms with Gasteiger partial charge in [-0.2, -0.15) is 0 Å². The van der Waals surface area contributed by atoms with Gasteiger partial charge in [0, 0.05) is 31.7 Å². The third kappa shape index (κ3) is 3.63. The van der Waals surface area contributed by atoms with E-state index in [-0.39, 0.29) is 6.03 Å². The van der Waals surface area contributed by atoms with Gasteiger partial charge >= 0.3 is 6.03 Å². The number of carbonyl (C=O) groups excluding carboxylic acids is 1. The average molecular weight is 281 g/mol. The van der Waals surface area contributed by atoms with Crippen molar-refractivity contribution in [2.45, 2.75) is 26.3 Å². The highest BCUT2D eigenvalue weighted by molar-refractivity contribution is 6.31. The quantitative estimate of drug-likeness (QED) is 0.812. The topological polar surface area (TPSA) is 23.6 Å². The Bertz CT molecular complexity index is 450. The fourth-order valence-corrected chi connectivity index (χ4v) is 2.75. The first-order valence-corrected chi connectivity index (χ1v) is 7.19. The molecule has 0 aliphatic carbocycles. The van der Waals surface area contributed by atoms with Crippen LogP contribution in [0.4, 0.5) is 4.79 Å². The molecular weight excluding hydrogens is 260 g/mol. The molecule has 0 bridgehead atoms. The van der Waals surface area contributed by atoms with Crippen molar-refractivity contribution in [3.63, 3.8) is 0 Å². The summed E-state index contributed by atoms with van der Waals surface area (Å²) in [5.74, 6) is 0.603. The first kappa shape index (κ1) is 14.2. The molecule has 0 aromatic heterocycles. The highest BCUT2D eigenvalue weighted by Crippen LogP contribution is 2.19. The summed E-state index contributed by atoms with van der Waals surface area (Å²) in [5.41, 5.74) is 0.991. The Balaban J connectivity index is 1.97. The van der Waals surface area contributed by atoms with Crippen molar-refractivity contribution < 1.29 is 4.79 Å². The zero-order chi connectivity index (χ0) is 13.8. The number of urea groups is 1. The van der Waals surface area contributed by atoms with Crippen LogP contribution in [0.2, 0.25) is 5.02 Å². The van der Waals surface area contributed by atoms with Crippen LogP contribution in [0.5, 0.6) is 0 Å². The molecule has 0 spiro atoms. The summed E-state index contributed by atoms with van der Waals surface area (Å²) in [6, 6.07) is 7.78. The second kappa shape index (κ2) is 6.29. The number of hydrogen-bond donors (Lipinski definition) is 0. The number of rotatable bonds is 2. The Morgan fingerprint density at radius 1 is 1.47 bits per heavy atom. The van der Waals surface area contributed by atoms with E-state index >= 15 is 0 Å². The van der Waals surface area contributed by atoms with Gasteiger partial charge in [-0.1, -0.05) is 36.7 Å². The second-order valence-corrected chi connectivity index (χ2v) is 5.83. The van der Waals surface area contributed by atoms with Gasteiger partial charge < -0.3 is 9.80 Å². The van der Waals surface area contributed by atoms with E-state index < -0.39 is 0 Å². The van der Waals surface area contributed by atoms with Crippen molar-refractivity contribution in [2.75, 3.05) is 20.1 Å². The first-order valence-electron chi connectivity index (χ1n) is 6.81. The number of hydrogen-bond acceptors (Lipinski definition) is 1. The van der Waals surface area contributed by atoms with Gasteiger partial charge in [0.2, 0.25) is 0 Å². The molecule has 3 nitrogen and oxygen atoms in total. The molecule has 1 atom stereocenters. The minimum absolute atomic E-state index is 0.103. The van der Waals surface area contributed by atoms with Crippen LogP contribution in [-0.2, 0) is 6.54 Å². The van der Waals surface area contributed by atoms with Crippen LogP contribution in [0, 0.1) is 5.92 Å². The maximum absolute atomic E-state index is 12.4. The summed E-state index contributed by atoms with van der Waals surface area (Å²) in [7, 11) is 1.84. The predicted molar refractivity (Wildman–Crippen MR) is 78.3 cm³/mol. The van der Waals surface area contributed by atoms with E-state index in [1.54, 1.807) is 4.90 Å². The molecule has 1 aliphatic heterocycles. The fourth-order valence-electron chi connectivity index (χ4n) is 2.55. The molecule has 0 N–H and O–H groups in total. The molecule has 1 aliphatic rings. The monoisotopic (exact) mass is 280 g/mol. The number of piperidine rings is 1. The number of likely N-dealkylation sites (tertiary alicyclic amines) is 1. The lowest BCUT2D eigenvalue weighted by molar-refractivity contribution is 0.137. The van der Waals surface area contributed by atoms with Crippen molar-refractivity contribution in [2.24, 2.45) is 5.92 Å². The summed E-state index contributed by atoms with van der Waals surface area (Å²) in [6.07, 6.45) is 2.32. The Morgan fingerprint density at radius 3 is 2.89 bits per heavy atom. The normalized spacial score (nSPS) is 19.3. The smallest absolute Gasteiger partial charge is 0.320 e. The molecule has 0 radical (unpaired) electrons. The third-order valence-electron chi connectivity index (χ3n) is 3.62. The van der Waals surface area contributed by atoms with Crippen LogP contribution in [0.25, 0.3) is 0 Å². The van der Waals surface area contributed by atoms with E-state index in [9.17, 15) is 4.79 Å². The van der Waals surface area contributed by atoms with Crippen molar-refractivity contribution in [1.82, 2.24) is 9.80 Å². The number of halogens is 1. The summed E-state index contributed by atoms with van der Waals surface area (Å²) < 4.78 is 0. The summed E-state index contributed by atoms with van der Waals surface area (Å²) >= 11 is 6.13. The van der Waals surface area contributed by atoms with E-state index in [1.165, 1.54) is 6.42 Å². The van der Waals surface area contributed by atoms with Crippen molar-refractivity contribution in [1.29, 1.82) is 0 Å². The highest BCUT2D eigenvalue weighted by atomic mass is 35.5. The second-order valence-electron chi connectivity index (χ2n) is 5.42. The van der Waals surface area contributed by atoms with Crippen LogP contribution in [0.3, 0.4) is 0 Å². The van der Waals surface area contributed by atoms with Gasteiger partial charge in [-0.25, -0.2) is 4.79 Å². The lowest BCUT2D eigenvalue weighted by atomic mass is 10.0. The number of nitrogens with zero attached hydrogens (tertiary/aromatic N) is 2. The molecule has 0 saturated carbocycles. The van der Waals surface area contributed by atoms with Gasteiger partial charge in [-0.05, 0) is 30.4 Å². The van der Waals surface area contributed by atoms with Crippen LogP contribution < -0.4 is 0 Å². The fraction of sp³-hybridized carbons (Fsp3) is 0.533. The van der Waals surface area contributed by atoms with Crippen LogP contribution in [0.15, 0.2) is 24.3 Å². The molecule has 2 rings (SSSR count). The zero-order valence-electron chi connectivity index (χ0n) is 11.6. The molecule has 1 fully saturated rings. The first-order chi connectivity index (χ1) is 9.08. The van der Waals surface area contributed by atoms with Gasteiger partial charge in [0.05, 0.1) is 0 Å². The number of benzene rings is 1. The average Bonchev–Trinajstić information content (AvgIpc) is 2.40. The van der Waals surface area contributed by atoms with Crippen molar-refractivity contribution >= 4 is 17.6 Å². The van der Waals surface area contributed by atoms with Crippen molar-refractivity contribution in [3.05, 3.63) is 34.9 Å². The number of carbonyl (C=O) groups is 1. The minimum Gasteiger partial charge on any atom is -0.324 e. The molecule has 1 unspecified atom stereocenters. The molecule has 4 heteroatoms. The zero-order valence-corrected chi connectivity index (χ0v) is 12.4. The van der Waals surface area contributed by atoms with Gasteiger partial charge in [-0.3, -0.25) is 0 Å². The summed E-state index contributed by atoms with van der Waals surface area (Å²) in [5, 5.41) is 0.717. The van der Waals surface area contributed by atoms with E-state index in [1.807, 2.05) is 36.2 Å². The molecule has 19 heavy (non-hydrogen) atoms.